The summed E-state index contributed by atoms with van der Waals surface area (Å²) in [6.45, 7) is 6.40. The SMILES string of the molecule is CC/C=C\C/C=C\C/C=C\C/C=C\C/C=C\C/C=C\C/C=C\C/C=C\CCCCCCCCCCCCC(=O)OCC(COC(=O)CCCCCCC/C=C\CCC)OC(=O)CCCCCCC/C=C\C/C=C\CCCC. The minimum Gasteiger partial charge on any atom is -0.462 e. The van der Waals surface area contributed by atoms with E-state index in [9.17, 15) is 14.4 Å². The lowest BCUT2D eigenvalue weighted by Crippen LogP contribution is -2.30. The number of allylic oxidation sites excluding steroid dienone is 22. The summed E-state index contributed by atoms with van der Waals surface area (Å²) in [5.41, 5.74) is 0. The van der Waals surface area contributed by atoms with Gasteiger partial charge in [0.1, 0.15) is 13.2 Å². The van der Waals surface area contributed by atoms with Crippen molar-refractivity contribution in [2.45, 2.75) is 284 Å². The van der Waals surface area contributed by atoms with Gasteiger partial charge in [-0.1, -0.05) is 264 Å². The first-order valence-electron chi connectivity index (χ1n) is 31.7. The molecular weight excluding hydrogens is 949 g/mol. The average molecular weight is 1070 g/mol. The molecule has 0 aromatic rings. The lowest BCUT2D eigenvalue weighted by Gasteiger charge is -2.18. The van der Waals surface area contributed by atoms with Crippen LogP contribution in [0.3, 0.4) is 0 Å². The molecule has 0 aromatic heterocycles. The predicted molar refractivity (Wildman–Crippen MR) is 334 cm³/mol. The Bertz CT molecular complexity index is 1650. The van der Waals surface area contributed by atoms with Crippen LogP contribution in [0.4, 0.5) is 0 Å². The number of ether oxygens (including phenoxy) is 3. The van der Waals surface area contributed by atoms with Crippen LogP contribution in [0.25, 0.3) is 0 Å². The second kappa shape index (κ2) is 64.1. The maximum Gasteiger partial charge on any atom is 0.306 e. The lowest BCUT2D eigenvalue weighted by molar-refractivity contribution is -0.167. The predicted octanol–water partition coefficient (Wildman–Crippen LogP) is 21.8. The molecule has 0 radical (unpaired) electrons. The highest BCUT2D eigenvalue weighted by Crippen LogP contribution is 2.15. The molecule has 77 heavy (non-hydrogen) atoms. The summed E-state index contributed by atoms with van der Waals surface area (Å²) >= 11 is 0. The van der Waals surface area contributed by atoms with E-state index in [4.69, 9.17) is 14.2 Å². The highest BCUT2D eigenvalue weighted by Gasteiger charge is 2.19. The summed E-state index contributed by atoms with van der Waals surface area (Å²) in [6, 6.07) is 0. The second-order valence-electron chi connectivity index (χ2n) is 20.6. The lowest BCUT2D eigenvalue weighted by atomic mass is 10.1. The van der Waals surface area contributed by atoms with Crippen LogP contribution in [-0.2, 0) is 28.6 Å². The molecule has 0 rings (SSSR count). The van der Waals surface area contributed by atoms with Gasteiger partial charge in [-0.05, 0) is 128 Å². The Labute approximate surface area is 475 Å². The Hall–Kier alpha value is -4.45. The van der Waals surface area contributed by atoms with Gasteiger partial charge in [0.2, 0.25) is 0 Å². The zero-order valence-corrected chi connectivity index (χ0v) is 49.9. The number of unbranched alkanes of at least 4 members (excludes halogenated alkanes) is 23. The summed E-state index contributed by atoms with van der Waals surface area (Å²) in [7, 11) is 0. The van der Waals surface area contributed by atoms with Crippen LogP contribution in [0.1, 0.15) is 278 Å². The molecule has 436 valence electrons. The molecule has 0 heterocycles. The van der Waals surface area contributed by atoms with Crippen molar-refractivity contribution in [3.63, 3.8) is 0 Å². The van der Waals surface area contributed by atoms with E-state index in [0.717, 1.165) is 161 Å². The first-order valence-corrected chi connectivity index (χ1v) is 31.7. The first kappa shape index (κ1) is 72.5. The molecule has 0 aliphatic carbocycles. The van der Waals surface area contributed by atoms with Crippen molar-refractivity contribution in [2.75, 3.05) is 13.2 Å². The van der Waals surface area contributed by atoms with E-state index in [1.54, 1.807) is 0 Å². The molecule has 0 aromatic carbocycles. The van der Waals surface area contributed by atoms with E-state index in [1.165, 1.54) is 77.0 Å². The number of rotatable bonds is 56. The fourth-order valence-corrected chi connectivity index (χ4v) is 8.36. The molecule has 0 saturated carbocycles. The molecule has 0 saturated heterocycles. The summed E-state index contributed by atoms with van der Waals surface area (Å²) < 4.78 is 16.8. The van der Waals surface area contributed by atoms with Crippen LogP contribution in [0.5, 0.6) is 0 Å². The van der Waals surface area contributed by atoms with E-state index in [-0.39, 0.29) is 31.1 Å². The molecule has 0 spiro atoms. The molecule has 0 aliphatic rings. The smallest absolute Gasteiger partial charge is 0.306 e. The Morgan fingerprint density at radius 3 is 0.857 bits per heavy atom. The van der Waals surface area contributed by atoms with Crippen LogP contribution < -0.4 is 0 Å². The van der Waals surface area contributed by atoms with Crippen LogP contribution in [0.15, 0.2) is 134 Å². The maximum absolute atomic E-state index is 12.8. The Kier molecular flexibility index (Phi) is 60.4. The van der Waals surface area contributed by atoms with Crippen LogP contribution in [-0.4, -0.2) is 37.2 Å². The van der Waals surface area contributed by atoms with Crippen molar-refractivity contribution in [2.24, 2.45) is 0 Å². The Morgan fingerprint density at radius 1 is 0.273 bits per heavy atom. The van der Waals surface area contributed by atoms with Crippen molar-refractivity contribution >= 4 is 17.9 Å². The third-order valence-corrected chi connectivity index (χ3v) is 13.1. The van der Waals surface area contributed by atoms with Gasteiger partial charge in [-0.15, -0.1) is 0 Å². The summed E-state index contributed by atoms with van der Waals surface area (Å²) in [5, 5.41) is 0. The van der Waals surface area contributed by atoms with Gasteiger partial charge in [-0.2, -0.15) is 0 Å². The normalized spacial score (nSPS) is 13.0. The topological polar surface area (TPSA) is 78.9 Å². The molecule has 0 N–H and O–H groups in total. The number of hydrogen-bond acceptors (Lipinski definition) is 6. The fourth-order valence-electron chi connectivity index (χ4n) is 8.36. The summed E-state index contributed by atoms with van der Waals surface area (Å²) in [6.07, 6.45) is 90.4. The van der Waals surface area contributed by atoms with Crippen molar-refractivity contribution in [3.8, 4) is 0 Å². The van der Waals surface area contributed by atoms with Crippen molar-refractivity contribution in [1.82, 2.24) is 0 Å². The highest BCUT2D eigenvalue weighted by atomic mass is 16.6. The van der Waals surface area contributed by atoms with Crippen molar-refractivity contribution < 1.29 is 28.6 Å². The van der Waals surface area contributed by atoms with Crippen LogP contribution in [0.2, 0.25) is 0 Å². The minimum absolute atomic E-state index is 0.0907. The monoisotopic (exact) mass is 1060 g/mol. The quantitative estimate of drug-likeness (QED) is 0.0261. The van der Waals surface area contributed by atoms with Crippen molar-refractivity contribution in [1.29, 1.82) is 0 Å². The van der Waals surface area contributed by atoms with Gasteiger partial charge in [0, 0.05) is 19.3 Å². The number of hydrogen-bond donors (Lipinski definition) is 0. The highest BCUT2D eigenvalue weighted by molar-refractivity contribution is 5.71. The molecule has 0 fully saturated rings. The van der Waals surface area contributed by atoms with E-state index >= 15 is 0 Å². The zero-order chi connectivity index (χ0) is 55.7. The summed E-state index contributed by atoms with van der Waals surface area (Å²) in [4.78, 5) is 38.1. The average Bonchev–Trinajstić information content (AvgIpc) is 3.43. The molecule has 1 unspecified atom stereocenters. The molecular formula is C71H116O6. The molecule has 6 nitrogen and oxygen atoms in total. The number of carbonyl (C=O) groups is 3. The van der Waals surface area contributed by atoms with Crippen LogP contribution >= 0.6 is 0 Å². The van der Waals surface area contributed by atoms with E-state index in [1.807, 2.05) is 0 Å². The van der Waals surface area contributed by atoms with Gasteiger partial charge >= 0.3 is 17.9 Å². The number of esters is 3. The van der Waals surface area contributed by atoms with Gasteiger partial charge in [-0.25, -0.2) is 0 Å². The van der Waals surface area contributed by atoms with Gasteiger partial charge in [0.25, 0.3) is 0 Å². The zero-order valence-electron chi connectivity index (χ0n) is 49.9. The second-order valence-corrected chi connectivity index (χ2v) is 20.6. The molecule has 0 amide bonds. The minimum atomic E-state index is -0.793. The molecule has 0 bridgehead atoms. The third kappa shape index (κ3) is 62.3. The van der Waals surface area contributed by atoms with E-state index in [2.05, 4.69) is 154 Å². The van der Waals surface area contributed by atoms with Gasteiger partial charge < -0.3 is 14.2 Å². The Morgan fingerprint density at radius 2 is 0.532 bits per heavy atom. The van der Waals surface area contributed by atoms with Crippen molar-refractivity contribution in [3.05, 3.63) is 134 Å². The number of carbonyl (C=O) groups excluding carboxylic acids is 3. The van der Waals surface area contributed by atoms with Crippen LogP contribution in [0, 0.1) is 0 Å². The largest absolute Gasteiger partial charge is 0.462 e. The molecule has 0 aliphatic heterocycles. The standard InChI is InChI=1S/C71H116O6/c1-4-7-10-13-16-19-22-24-26-27-28-29-30-31-32-33-34-35-36-37-38-39-40-41-42-43-44-45-46-48-49-52-55-58-61-64-70(73)76-67-68(66-75-69(72)63-60-57-54-51-21-18-15-12-9-6-3)77-71(74)65-62-59-56-53-50-47-25-23-20-17-14-11-8-5-2/h7,10,12,14-17,19,23-26,28-29,31-32,34-35,37-38,40-41,68H,4-6,8-9,11,13,18,20-22,27,30,33,36,39,42-67H2,1-3H3/b10-7-,15-12-,17-14-,19-16-,25-23-,26-24-,29-28-,32-31-,35-34-,38-37-,41-40-. The van der Waals surface area contributed by atoms with E-state index < -0.39 is 6.10 Å². The van der Waals surface area contributed by atoms with Gasteiger partial charge in [-0.3, -0.25) is 14.4 Å². The first-order chi connectivity index (χ1) is 38.0. The maximum atomic E-state index is 12.8. The third-order valence-electron chi connectivity index (χ3n) is 13.1. The Balaban J connectivity index is 4.17. The molecule has 1 atom stereocenters. The molecule has 6 heteroatoms. The van der Waals surface area contributed by atoms with Gasteiger partial charge in [0.15, 0.2) is 6.10 Å². The van der Waals surface area contributed by atoms with E-state index in [0.29, 0.717) is 19.3 Å². The fraction of sp³-hybridized carbons (Fsp3) is 0.648. The summed E-state index contributed by atoms with van der Waals surface area (Å²) in [5.74, 6) is -0.921. The van der Waals surface area contributed by atoms with Gasteiger partial charge in [0.05, 0.1) is 0 Å².